The molecule has 1 fully saturated rings. The van der Waals surface area contributed by atoms with Crippen molar-refractivity contribution in [2.75, 3.05) is 51.8 Å². The van der Waals surface area contributed by atoms with Gasteiger partial charge in [-0.25, -0.2) is 4.98 Å². The van der Waals surface area contributed by atoms with E-state index in [9.17, 15) is 5.11 Å². The summed E-state index contributed by atoms with van der Waals surface area (Å²) < 4.78 is 10.2. The number of hydrogen-bond acceptors (Lipinski definition) is 7. The van der Waals surface area contributed by atoms with Crippen LogP contribution < -0.4 is 10.1 Å². The van der Waals surface area contributed by atoms with Crippen LogP contribution in [0.25, 0.3) is 0 Å². The van der Waals surface area contributed by atoms with Crippen molar-refractivity contribution in [3.8, 4) is 6.01 Å². The molecule has 1 aromatic heterocycles. The van der Waals surface area contributed by atoms with E-state index < -0.39 is 6.10 Å². The number of nitrogens with one attached hydrogen (secondary N) is 1. The summed E-state index contributed by atoms with van der Waals surface area (Å²) in [6.07, 6.45) is 0.953. The van der Waals surface area contributed by atoms with Crippen molar-refractivity contribution in [2.24, 2.45) is 0 Å². The summed E-state index contributed by atoms with van der Waals surface area (Å²) in [5.74, 6) is 0.458. The molecule has 1 aromatic rings. The third-order valence-electron chi connectivity index (χ3n) is 2.98. The molecule has 8 heteroatoms. The number of morpholine rings is 1. The minimum Gasteiger partial charge on any atom is -0.467 e. The molecule has 112 valence electrons. The van der Waals surface area contributed by atoms with Crippen LogP contribution in [0.2, 0.25) is 5.02 Å². The standard InChI is InChI=1S/C12H19ClN4O3/c1-19-12-15-7-10(13)11(16-12)14-6-9(18)8-17-2-4-20-5-3-17/h7,9,18H,2-6,8H2,1H3,(H,14,15,16). The number of rotatable bonds is 6. The number of aromatic nitrogens is 2. The lowest BCUT2D eigenvalue weighted by Gasteiger charge is -2.28. The highest BCUT2D eigenvalue weighted by molar-refractivity contribution is 6.32. The number of aliphatic hydroxyl groups is 1. The second-order valence-corrected chi connectivity index (χ2v) is 4.91. The molecule has 0 bridgehead atoms. The molecule has 2 heterocycles. The van der Waals surface area contributed by atoms with Crippen LogP contribution in [0.15, 0.2) is 6.20 Å². The summed E-state index contributed by atoms with van der Waals surface area (Å²) in [6, 6.07) is 0.236. The highest BCUT2D eigenvalue weighted by atomic mass is 35.5. The number of methoxy groups -OCH3 is 1. The molecule has 1 saturated heterocycles. The molecule has 1 aliphatic rings. The fraction of sp³-hybridized carbons (Fsp3) is 0.667. The third kappa shape index (κ3) is 4.45. The van der Waals surface area contributed by atoms with Gasteiger partial charge >= 0.3 is 6.01 Å². The first-order valence-electron chi connectivity index (χ1n) is 6.47. The van der Waals surface area contributed by atoms with E-state index in [1.165, 1.54) is 13.3 Å². The van der Waals surface area contributed by atoms with E-state index in [-0.39, 0.29) is 6.01 Å². The van der Waals surface area contributed by atoms with Crippen LogP contribution in [0, 0.1) is 0 Å². The fourth-order valence-corrected chi connectivity index (χ4v) is 2.09. The van der Waals surface area contributed by atoms with Gasteiger partial charge in [-0.2, -0.15) is 4.98 Å². The van der Waals surface area contributed by atoms with E-state index in [2.05, 4.69) is 20.2 Å². The molecule has 2 rings (SSSR count). The minimum atomic E-state index is -0.509. The Morgan fingerprint density at radius 1 is 1.55 bits per heavy atom. The van der Waals surface area contributed by atoms with Gasteiger partial charge in [0.1, 0.15) is 5.02 Å². The first-order valence-corrected chi connectivity index (χ1v) is 6.85. The lowest BCUT2D eigenvalue weighted by molar-refractivity contribution is 0.0171. The predicted molar refractivity (Wildman–Crippen MR) is 75.3 cm³/mol. The largest absolute Gasteiger partial charge is 0.467 e. The molecule has 1 unspecified atom stereocenters. The van der Waals surface area contributed by atoms with E-state index in [4.69, 9.17) is 21.1 Å². The molecule has 7 nitrogen and oxygen atoms in total. The van der Waals surface area contributed by atoms with Crippen molar-refractivity contribution in [1.82, 2.24) is 14.9 Å². The summed E-state index contributed by atoms with van der Waals surface area (Å²) in [6.45, 7) is 4.08. The van der Waals surface area contributed by atoms with Gasteiger partial charge in [0.2, 0.25) is 0 Å². The average Bonchev–Trinajstić information content (AvgIpc) is 2.47. The van der Waals surface area contributed by atoms with E-state index in [0.29, 0.717) is 23.9 Å². The minimum absolute atomic E-state index is 0.236. The molecule has 20 heavy (non-hydrogen) atoms. The third-order valence-corrected chi connectivity index (χ3v) is 3.26. The summed E-state index contributed by atoms with van der Waals surface area (Å²) in [5, 5.41) is 13.4. The maximum atomic E-state index is 10.0. The van der Waals surface area contributed by atoms with Gasteiger partial charge in [-0.15, -0.1) is 0 Å². The molecule has 1 aliphatic heterocycles. The van der Waals surface area contributed by atoms with Crippen molar-refractivity contribution in [2.45, 2.75) is 6.10 Å². The summed E-state index contributed by atoms with van der Waals surface area (Å²) in [4.78, 5) is 10.1. The molecule has 0 aromatic carbocycles. The molecule has 0 spiro atoms. The fourth-order valence-electron chi connectivity index (χ4n) is 1.93. The van der Waals surface area contributed by atoms with Crippen molar-refractivity contribution < 1.29 is 14.6 Å². The van der Waals surface area contributed by atoms with Crippen LogP contribution in [0.5, 0.6) is 6.01 Å². The number of β-amino-alcohol motifs (C(OH)–C–C–N with tert-alkyl or cyclic N) is 1. The summed E-state index contributed by atoms with van der Waals surface area (Å²) >= 11 is 5.98. The predicted octanol–water partition coefficient (Wildman–Crippen LogP) is 0.244. The SMILES string of the molecule is COc1ncc(Cl)c(NCC(O)CN2CCOCC2)n1. The first kappa shape index (κ1) is 15.2. The van der Waals surface area contributed by atoms with Crippen molar-refractivity contribution >= 4 is 17.4 Å². The topological polar surface area (TPSA) is 79.7 Å². The van der Waals surface area contributed by atoms with E-state index in [1.54, 1.807) is 0 Å². The Morgan fingerprint density at radius 2 is 2.30 bits per heavy atom. The molecular formula is C12H19ClN4O3. The summed E-state index contributed by atoms with van der Waals surface area (Å²) in [7, 11) is 1.49. The second kappa shape index (κ2) is 7.58. The molecular weight excluding hydrogens is 284 g/mol. The molecule has 1 atom stereocenters. The summed E-state index contributed by atoms with van der Waals surface area (Å²) in [5.41, 5.74) is 0. The molecule has 0 saturated carbocycles. The molecule has 0 amide bonds. The van der Waals surface area contributed by atoms with Gasteiger partial charge in [-0.1, -0.05) is 11.6 Å². The Labute approximate surface area is 122 Å². The zero-order chi connectivity index (χ0) is 14.4. The molecule has 2 N–H and O–H groups in total. The number of hydrogen-bond donors (Lipinski definition) is 2. The number of anilines is 1. The Morgan fingerprint density at radius 3 is 3.00 bits per heavy atom. The smallest absolute Gasteiger partial charge is 0.318 e. The van der Waals surface area contributed by atoms with Crippen molar-refractivity contribution in [3.63, 3.8) is 0 Å². The van der Waals surface area contributed by atoms with E-state index in [1.807, 2.05) is 0 Å². The van der Waals surface area contributed by atoms with Gasteiger partial charge in [0, 0.05) is 26.2 Å². The van der Waals surface area contributed by atoms with Crippen LogP contribution in [0.1, 0.15) is 0 Å². The van der Waals surface area contributed by atoms with Crippen LogP contribution in [-0.2, 0) is 4.74 Å². The average molecular weight is 303 g/mol. The zero-order valence-electron chi connectivity index (χ0n) is 11.4. The van der Waals surface area contributed by atoms with Crippen molar-refractivity contribution in [3.05, 3.63) is 11.2 Å². The van der Waals surface area contributed by atoms with Gasteiger partial charge in [0.05, 0.1) is 32.6 Å². The van der Waals surface area contributed by atoms with Crippen LogP contribution in [0.4, 0.5) is 5.82 Å². The van der Waals surface area contributed by atoms with Gasteiger partial charge in [-0.3, -0.25) is 4.90 Å². The van der Waals surface area contributed by atoms with Crippen LogP contribution in [-0.4, -0.2) is 72.6 Å². The lowest BCUT2D eigenvalue weighted by atomic mass is 10.3. The maximum Gasteiger partial charge on any atom is 0.318 e. The number of ether oxygens (including phenoxy) is 2. The van der Waals surface area contributed by atoms with Crippen molar-refractivity contribution in [1.29, 1.82) is 0 Å². The molecule has 0 radical (unpaired) electrons. The van der Waals surface area contributed by atoms with E-state index >= 15 is 0 Å². The number of nitrogens with zero attached hydrogens (tertiary/aromatic N) is 3. The van der Waals surface area contributed by atoms with E-state index in [0.717, 1.165) is 26.3 Å². The normalized spacial score (nSPS) is 17.8. The van der Waals surface area contributed by atoms with Crippen LogP contribution in [0.3, 0.4) is 0 Å². The Kier molecular flexibility index (Phi) is 5.78. The number of aliphatic hydroxyl groups excluding tert-OH is 1. The van der Waals surface area contributed by atoms with Gasteiger partial charge in [0.15, 0.2) is 5.82 Å². The monoisotopic (exact) mass is 302 g/mol. The number of halogens is 1. The van der Waals surface area contributed by atoms with Crippen LogP contribution >= 0.6 is 11.6 Å². The highest BCUT2D eigenvalue weighted by Gasteiger charge is 2.15. The zero-order valence-corrected chi connectivity index (χ0v) is 12.1. The Balaban J connectivity index is 1.81. The second-order valence-electron chi connectivity index (χ2n) is 4.50. The maximum absolute atomic E-state index is 10.0. The van der Waals surface area contributed by atoms with Gasteiger partial charge < -0.3 is 19.9 Å². The van der Waals surface area contributed by atoms with Gasteiger partial charge in [0.25, 0.3) is 0 Å². The Bertz CT molecular complexity index is 429. The molecule has 0 aliphatic carbocycles. The first-order chi connectivity index (χ1) is 9.69. The Hall–Kier alpha value is -1.15. The quantitative estimate of drug-likeness (QED) is 0.779. The highest BCUT2D eigenvalue weighted by Crippen LogP contribution is 2.19. The lowest BCUT2D eigenvalue weighted by Crippen LogP contribution is -2.42. The van der Waals surface area contributed by atoms with Gasteiger partial charge in [-0.05, 0) is 0 Å².